The lowest BCUT2D eigenvalue weighted by Gasteiger charge is -2.32. The number of carboxylic acid groups (broad SMARTS) is 1. The lowest BCUT2D eigenvalue weighted by molar-refractivity contribution is -0.136. The van der Waals surface area contributed by atoms with Crippen molar-refractivity contribution in [3.63, 3.8) is 0 Å². The van der Waals surface area contributed by atoms with E-state index in [-0.39, 0.29) is 6.42 Å². The van der Waals surface area contributed by atoms with Gasteiger partial charge in [-0.25, -0.2) is 0 Å². The molecule has 0 saturated heterocycles. The predicted molar refractivity (Wildman–Crippen MR) is 76.1 cm³/mol. The summed E-state index contributed by atoms with van der Waals surface area (Å²) in [5.74, 6) is -0.0761. The van der Waals surface area contributed by atoms with E-state index < -0.39 is 5.97 Å². The molecule has 0 spiro atoms. The minimum Gasteiger partial charge on any atom is -0.481 e. The molecule has 1 saturated carbocycles. The zero-order valence-corrected chi connectivity index (χ0v) is 11.3. The molecular formula is C16H23NO2. The van der Waals surface area contributed by atoms with Crippen LogP contribution in [-0.2, 0) is 11.2 Å². The van der Waals surface area contributed by atoms with Crippen LogP contribution in [0.5, 0.6) is 0 Å². The molecule has 3 heteroatoms. The third kappa shape index (κ3) is 4.67. The predicted octanol–water partition coefficient (Wildman–Crippen LogP) is 2.85. The Morgan fingerprint density at radius 3 is 2.68 bits per heavy atom. The van der Waals surface area contributed by atoms with Gasteiger partial charge in [-0.15, -0.1) is 0 Å². The van der Waals surface area contributed by atoms with Crippen LogP contribution in [0.1, 0.15) is 37.7 Å². The molecule has 1 aliphatic rings. The molecule has 2 rings (SSSR count). The van der Waals surface area contributed by atoms with Crippen molar-refractivity contribution in [1.82, 2.24) is 5.32 Å². The van der Waals surface area contributed by atoms with Crippen molar-refractivity contribution >= 4 is 5.97 Å². The molecule has 1 aliphatic carbocycles. The van der Waals surface area contributed by atoms with Crippen LogP contribution >= 0.6 is 0 Å². The fraction of sp³-hybridized carbons (Fsp3) is 0.562. The van der Waals surface area contributed by atoms with Crippen LogP contribution < -0.4 is 5.32 Å². The topological polar surface area (TPSA) is 49.3 Å². The number of hydrogen-bond donors (Lipinski definition) is 2. The van der Waals surface area contributed by atoms with Gasteiger partial charge < -0.3 is 10.4 Å². The highest BCUT2D eigenvalue weighted by Gasteiger charge is 2.24. The van der Waals surface area contributed by atoms with Crippen LogP contribution in [0.3, 0.4) is 0 Å². The van der Waals surface area contributed by atoms with Crippen molar-refractivity contribution in [2.24, 2.45) is 5.92 Å². The first-order chi connectivity index (χ1) is 9.25. The SMILES string of the molecule is O=C(O)CCNC1CCCCC1Cc1ccccc1. The molecule has 2 unspecified atom stereocenters. The lowest BCUT2D eigenvalue weighted by atomic mass is 9.80. The van der Waals surface area contributed by atoms with E-state index in [1.807, 2.05) is 6.07 Å². The zero-order valence-electron chi connectivity index (χ0n) is 11.3. The molecule has 1 aromatic rings. The third-order valence-corrected chi connectivity index (χ3v) is 4.00. The van der Waals surface area contributed by atoms with Crippen LogP contribution in [0.25, 0.3) is 0 Å². The second-order valence-electron chi connectivity index (χ2n) is 5.44. The lowest BCUT2D eigenvalue weighted by Crippen LogP contribution is -2.40. The molecule has 0 aromatic heterocycles. The Hall–Kier alpha value is -1.35. The highest BCUT2D eigenvalue weighted by molar-refractivity contribution is 5.66. The van der Waals surface area contributed by atoms with Gasteiger partial charge in [-0.3, -0.25) is 4.79 Å². The van der Waals surface area contributed by atoms with E-state index in [1.54, 1.807) is 0 Å². The van der Waals surface area contributed by atoms with Gasteiger partial charge >= 0.3 is 5.97 Å². The van der Waals surface area contributed by atoms with Gasteiger partial charge in [-0.05, 0) is 30.7 Å². The van der Waals surface area contributed by atoms with Crippen molar-refractivity contribution in [3.8, 4) is 0 Å². The summed E-state index contributed by atoms with van der Waals surface area (Å²) in [6.45, 7) is 0.589. The number of hydrogen-bond acceptors (Lipinski definition) is 2. The van der Waals surface area contributed by atoms with Gasteiger partial charge in [0.1, 0.15) is 0 Å². The summed E-state index contributed by atoms with van der Waals surface area (Å²) < 4.78 is 0. The Morgan fingerprint density at radius 2 is 1.95 bits per heavy atom. The van der Waals surface area contributed by atoms with Crippen LogP contribution in [0, 0.1) is 5.92 Å². The second-order valence-corrected chi connectivity index (χ2v) is 5.44. The summed E-state index contributed by atoms with van der Waals surface area (Å²) in [6, 6.07) is 11.1. The Kier molecular flexibility index (Phi) is 5.40. The summed E-state index contributed by atoms with van der Waals surface area (Å²) in [6.07, 6.45) is 6.31. The molecule has 0 amide bonds. The van der Waals surface area contributed by atoms with Crippen LogP contribution in [-0.4, -0.2) is 23.7 Å². The molecule has 0 heterocycles. The monoisotopic (exact) mass is 261 g/mol. The normalized spacial score (nSPS) is 23.2. The van der Waals surface area contributed by atoms with Gasteiger partial charge in [-0.1, -0.05) is 43.2 Å². The van der Waals surface area contributed by atoms with Gasteiger partial charge in [-0.2, -0.15) is 0 Å². The maximum atomic E-state index is 10.6. The van der Waals surface area contributed by atoms with Crippen molar-refractivity contribution in [2.75, 3.05) is 6.54 Å². The fourth-order valence-corrected chi connectivity index (χ4v) is 3.00. The molecule has 19 heavy (non-hydrogen) atoms. The number of aliphatic carboxylic acids is 1. The molecule has 1 aromatic carbocycles. The number of carbonyl (C=O) groups is 1. The van der Waals surface area contributed by atoms with E-state index in [2.05, 4.69) is 29.6 Å². The quantitative estimate of drug-likeness (QED) is 0.828. The first-order valence-electron chi connectivity index (χ1n) is 7.25. The molecule has 2 atom stereocenters. The smallest absolute Gasteiger partial charge is 0.304 e. The Morgan fingerprint density at radius 1 is 1.21 bits per heavy atom. The first-order valence-corrected chi connectivity index (χ1v) is 7.25. The van der Waals surface area contributed by atoms with Crippen LogP contribution in [0.4, 0.5) is 0 Å². The van der Waals surface area contributed by atoms with Gasteiger partial charge in [0.05, 0.1) is 6.42 Å². The van der Waals surface area contributed by atoms with Crippen LogP contribution in [0.2, 0.25) is 0 Å². The maximum Gasteiger partial charge on any atom is 0.304 e. The maximum absolute atomic E-state index is 10.6. The van der Waals surface area contributed by atoms with Gasteiger partial charge in [0, 0.05) is 12.6 Å². The summed E-state index contributed by atoms with van der Waals surface area (Å²) in [5.41, 5.74) is 1.39. The molecule has 2 N–H and O–H groups in total. The molecular weight excluding hydrogens is 238 g/mol. The highest BCUT2D eigenvalue weighted by Crippen LogP contribution is 2.27. The molecule has 3 nitrogen and oxygen atoms in total. The molecule has 0 bridgehead atoms. The first kappa shape index (κ1) is 14.1. The van der Waals surface area contributed by atoms with Gasteiger partial charge in [0.15, 0.2) is 0 Å². The second kappa shape index (κ2) is 7.29. The highest BCUT2D eigenvalue weighted by atomic mass is 16.4. The van der Waals surface area contributed by atoms with Crippen LogP contribution in [0.15, 0.2) is 30.3 Å². The minimum atomic E-state index is -0.720. The van der Waals surface area contributed by atoms with Gasteiger partial charge in [0.2, 0.25) is 0 Å². The van der Waals surface area contributed by atoms with Crippen molar-refractivity contribution in [2.45, 2.75) is 44.6 Å². The minimum absolute atomic E-state index is 0.217. The molecule has 1 fully saturated rings. The van der Waals surface area contributed by atoms with Gasteiger partial charge in [0.25, 0.3) is 0 Å². The Bertz CT molecular complexity index is 391. The van der Waals surface area contributed by atoms with E-state index in [0.29, 0.717) is 18.5 Å². The number of carboxylic acids is 1. The molecule has 0 aliphatic heterocycles. The van der Waals surface area contributed by atoms with Crippen molar-refractivity contribution in [1.29, 1.82) is 0 Å². The largest absolute Gasteiger partial charge is 0.481 e. The summed E-state index contributed by atoms with van der Waals surface area (Å²) >= 11 is 0. The standard InChI is InChI=1S/C16H23NO2/c18-16(19)10-11-17-15-9-5-4-8-14(15)12-13-6-2-1-3-7-13/h1-3,6-7,14-15,17H,4-5,8-12H2,(H,18,19). The molecule has 0 radical (unpaired) electrons. The zero-order chi connectivity index (χ0) is 13.5. The average molecular weight is 261 g/mol. The van der Waals surface area contributed by atoms with Crippen molar-refractivity contribution in [3.05, 3.63) is 35.9 Å². The van der Waals surface area contributed by atoms with E-state index in [4.69, 9.17) is 5.11 Å². The van der Waals surface area contributed by atoms with Crippen molar-refractivity contribution < 1.29 is 9.90 Å². The number of nitrogens with one attached hydrogen (secondary N) is 1. The Balaban J connectivity index is 1.86. The fourth-order valence-electron chi connectivity index (χ4n) is 3.00. The van der Waals surface area contributed by atoms with E-state index in [1.165, 1.54) is 31.2 Å². The van der Waals surface area contributed by atoms with E-state index in [0.717, 1.165) is 6.42 Å². The van der Waals surface area contributed by atoms with E-state index >= 15 is 0 Å². The summed E-state index contributed by atoms with van der Waals surface area (Å²) in [4.78, 5) is 10.6. The number of benzene rings is 1. The Labute approximate surface area is 115 Å². The number of rotatable bonds is 6. The summed E-state index contributed by atoms with van der Waals surface area (Å²) in [5, 5.41) is 12.1. The molecule has 104 valence electrons. The summed E-state index contributed by atoms with van der Waals surface area (Å²) in [7, 11) is 0. The van der Waals surface area contributed by atoms with E-state index in [9.17, 15) is 4.79 Å². The average Bonchev–Trinajstić information content (AvgIpc) is 2.41. The third-order valence-electron chi connectivity index (χ3n) is 4.00.